The normalized spacial score (nSPS) is 15.9. The first-order valence-electron chi connectivity index (χ1n) is 17.5. The molecular weight excluding hydrogens is 689 g/mol. The lowest BCUT2D eigenvalue weighted by Crippen LogP contribution is -2.23. The number of rotatable bonds is 23. The fourth-order valence-corrected chi connectivity index (χ4v) is 7.69. The molecule has 4 rings (SSSR count). The second-order valence-electron chi connectivity index (χ2n) is 12.0. The molecule has 0 saturated heterocycles. The molecule has 11 nitrogen and oxygen atoms in total. The zero-order valence-electron chi connectivity index (χ0n) is 29.5. The molecule has 2 aliphatic rings. The molecule has 51 heavy (non-hydrogen) atoms. The van der Waals surface area contributed by atoms with Gasteiger partial charge in [0.1, 0.15) is 30.9 Å². The maximum atomic E-state index is 12.9. The molecule has 0 amide bonds. The molecule has 0 radical (unpaired) electrons. The van der Waals surface area contributed by atoms with Crippen LogP contribution in [0.4, 0.5) is 11.4 Å². The number of esters is 1. The van der Waals surface area contributed by atoms with Gasteiger partial charge in [0.05, 0.1) is 49.4 Å². The molecule has 1 N–H and O–H groups in total. The third-order valence-corrected chi connectivity index (χ3v) is 10.8. The fourth-order valence-electron chi connectivity index (χ4n) is 5.36. The molecule has 2 aromatic carbocycles. The lowest BCUT2D eigenvalue weighted by molar-refractivity contribution is -0.292. The van der Waals surface area contributed by atoms with Crippen LogP contribution >= 0.6 is 23.5 Å². The molecular formula is C38H48N4O7S2. The van der Waals surface area contributed by atoms with Crippen LogP contribution in [0.5, 0.6) is 0 Å². The Morgan fingerprint density at radius 1 is 0.863 bits per heavy atom. The van der Waals surface area contributed by atoms with E-state index in [1.54, 1.807) is 11.8 Å². The zero-order valence-corrected chi connectivity index (χ0v) is 31.1. The Labute approximate surface area is 310 Å². The maximum absolute atomic E-state index is 12.9. The van der Waals surface area contributed by atoms with Crippen molar-refractivity contribution in [2.75, 3.05) is 75.7 Å². The highest BCUT2D eigenvalue weighted by Gasteiger charge is 2.31. The van der Waals surface area contributed by atoms with E-state index in [9.17, 15) is 10.1 Å². The monoisotopic (exact) mass is 736 g/mol. The largest absolute Gasteiger partial charge is 0.459 e. The van der Waals surface area contributed by atoms with Crippen molar-refractivity contribution in [2.45, 2.75) is 62.2 Å². The number of fused-ring (bicyclic) bond motifs is 2. The lowest BCUT2D eigenvalue weighted by atomic mass is 10.1. The van der Waals surface area contributed by atoms with Gasteiger partial charge < -0.3 is 29.1 Å². The molecule has 2 aromatic rings. The highest BCUT2D eigenvalue weighted by Crippen LogP contribution is 2.48. The van der Waals surface area contributed by atoms with Gasteiger partial charge in [-0.15, -0.1) is 0 Å². The quantitative estimate of drug-likeness (QED) is 0.0231. The molecule has 2 aliphatic heterocycles. The standard InChI is InChI=1S/C38H48N4O7S2/c1-4-29(2)17-19-42-33-14-8-10-16-35(33)51-37(42)31(40-3)28-49-48-26-24-46-22-21-45-23-25-47-38(44)30(27-39)36-41(18-11-5-6-12-20-43)32-13-7-9-15-34(32)50-36/h7-10,13-16,29,43H,4-6,11-12,17-26,28H2,1-2H3. The van der Waals surface area contributed by atoms with Gasteiger partial charge in [-0.2, -0.15) is 5.26 Å². The second kappa shape index (κ2) is 22.4. The number of nitriles is 1. The molecule has 274 valence electrons. The van der Waals surface area contributed by atoms with E-state index in [4.69, 9.17) is 35.7 Å². The number of nitrogens with zero attached hydrogens (tertiary/aromatic N) is 4. The molecule has 0 aromatic heterocycles. The summed E-state index contributed by atoms with van der Waals surface area (Å²) in [4.78, 5) is 33.7. The molecule has 2 heterocycles. The van der Waals surface area contributed by atoms with E-state index in [2.05, 4.69) is 41.8 Å². The molecule has 0 spiro atoms. The number of ether oxygens (including phenoxy) is 3. The minimum absolute atomic E-state index is 0.00430. The number of hydrogen-bond donors (Lipinski definition) is 1. The van der Waals surface area contributed by atoms with Crippen LogP contribution in [0, 0.1) is 23.8 Å². The predicted molar refractivity (Wildman–Crippen MR) is 200 cm³/mol. The first-order valence-corrected chi connectivity index (χ1v) is 19.2. The number of aliphatic hydroxyl groups is 1. The summed E-state index contributed by atoms with van der Waals surface area (Å²) in [5.41, 5.74) is 2.57. The van der Waals surface area contributed by atoms with Crippen LogP contribution in [0.1, 0.15) is 52.4 Å². The fraction of sp³-hybridized carbons (Fsp3) is 0.500. The van der Waals surface area contributed by atoms with Crippen molar-refractivity contribution in [1.29, 1.82) is 5.26 Å². The smallest absolute Gasteiger partial charge is 0.351 e. The van der Waals surface area contributed by atoms with Gasteiger partial charge in [0, 0.05) is 29.5 Å². The molecule has 0 aliphatic carbocycles. The van der Waals surface area contributed by atoms with Crippen LogP contribution in [0.25, 0.3) is 4.85 Å². The number of anilines is 2. The summed E-state index contributed by atoms with van der Waals surface area (Å²) in [7, 11) is 0. The average Bonchev–Trinajstić information content (AvgIpc) is 3.70. The van der Waals surface area contributed by atoms with Crippen LogP contribution in [-0.4, -0.2) is 77.0 Å². The van der Waals surface area contributed by atoms with Crippen LogP contribution in [0.15, 0.2) is 79.7 Å². The summed E-state index contributed by atoms with van der Waals surface area (Å²) in [6, 6.07) is 18.1. The molecule has 0 saturated carbocycles. The summed E-state index contributed by atoms with van der Waals surface area (Å²) in [5, 5.41) is 20.4. The van der Waals surface area contributed by atoms with Crippen LogP contribution in [-0.2, 0) is 28.8 Å². The van der Waals surface area contributed by atoms with Gasteiger partial charge >= 0.3 is 5.97 Å². The van der Waals surface area contributed by atoms with Gasteiger partial charge in [0.2, 0.25) is 5.70 Å². The van der Waals surface area contributed by atoms with E-state index in [0.717, 1.165) is 71.3 Å². The van der Waals surface area contributed by atoms with Crippen molar-refractivity contribution in [1.82, 2.24) is 0 Å². The van der Waals surface area contributed by atoms with E-state index >= 15 is 0 Å². The summed E-state index contributed by atoms with van der Waals surface area (Å²) in [5.74, 6) is -0.0819. The average molecular weight is 737 g/mol. The van der Waals surface area contributed by atoms with Crippen molar-refractivity contribution in [3.05, 3.63) is 81.3 Å². The van der Waals surface area contributed by atoms with Crippen molar-refractivity contribution >= 4 is 40.9 Å². The molecule has 1 unspecified atom stereocenters. The van der Waals surface area contributed by atoms with Crippen LogP contribution in [0.2, 0.25) is 0 Å². The Hall–Kier alpha value is -3.53. The van der Waals surface area contributed by atoms with E-state index < -0.39 is 5.97 Å². The van der Waals surface area contributed by atoms with E-state index in [0.29, 0.717) is 29.8 Å². The topological polar surface area (TPSA) is 118 Å². The first-order chi connectivity index (χ1) is 25.0. The lowest BCUT2D eigenvalue weighted by Gasteiger charge is -2.23. The minimum Gasteiger partial charge on any atom is -0.459 e. The van der Waals surface area contributed by atoms with Gasteiger partial charge in [-0.3, -0.25) is 0 Å². The maximum Gasteiger partial charge on any atom is 0.351 e. The van der Waals surface area contributed by atoms with Crippen LogP contribution in [0.3, 0.4) is 0 Å². The third kappa shape index (κ3) is 12.0. The summed E-state index contributed by atoms with van der Waals surface area (Å²) >= 11 is 3.00. The Morgan fingerprint density at radius 2 is 1.47 bits per heavy atom. The van der Waals surface area contributed by atoms with Gasteiger partial charge in [0.15, 0.2) is 5.57 Å². The first kappa shape index (κ1) is 40.2. The third-order valence-electron chi connectivity index (χ3n) is 8.38. The highest BCUT2D eigenvalue weighted by molar-refractivity contribution is 8.04. The van der Waals surface area contributed by atoms with Gasteiger partial charge in [-0.05, 0) is 49.4 Å². The number of carbonyl (C=O) groups is 1. The zero-order chi connectivity index (χ0) is 36.3. The SMILES string of the molecule is [C-]#[N+]C(COOCCOCCOCCOC(=O)C(C#N)=C1Sc2ccccc2N1CCCCCCO)=C1Sc2ccccc2N1CCC(C)CC. The Morgan fingerprint density at radius 3 is 2.12 bits per heavy atom. The van der Waals surface area contributed by atoms with E-state index in [1.807, 2.05) is 41.3 Å². The number of unbranched alkanes of at least 4 members (excludes halogenated alkanes) is 3. The number of benzene rings is 2. The van der Waals surface area contributed by atoms with Gasteiger partial charge in [-0.1, -0.05) is 80.9 Å². The minimum atomic E-state index is -0.679. The second-order valence-corrected chi connectivity index (χ2v) is 14.0. The van der Waals surface area contributed by atoms with Gasteiger partial charge in [0.25, 0.3) is 0 Å². The van der Waals surface area contributed by atoms with Crippen molar-refractivity contribution in [2.24, 2.45) is 5.92 Å². The molecule has 1 atom stereocenters. The van der Waals surface area contributed by atoms with Crippen molar-refractivity contribution in [3.63, 3.8) is 0 Å². The highest BCUT2D eigenvalue weighted by atomic mass is 32.2. The molecule has 0 bridgehead atoms. The summed E-state index contributed by atoms with van der Waals surface area (Å²) < 4.78 is 16.5. The van der Waals surface area contributed by atoms with Crippen LogP contribution < -0.4 is 9.80 Å². The number of para-hydroxylation sites is 2. The number of thioether (sulfide) groups is 2. The molecule has 13 heteroatoms. The predicted octanol–water partition coefficient (Wildman–Crippen LogP) is 7.55. The number of carbonyl (C=O) groups excluding carboxylic acids is 1. The van der Waals surface area contributed by atoms with E-state index in [-0.39, 0.29) is 51.8 Å². The summed E-state index contributed by atoms with van der Waals surface area (Å²) in [6.45, 7) is 15.2. The number of aliphatic hydroxyl groups excluding tert-OH is 1. The van der Waals surface area contributed by atoms with E-state index in [1.165, 1.54) is 11.8 Å². The Bertz CT molecular complexity index is 1570. The van der Waals surface area contributed by atoms with Gasteiger partial charge in [-0.25, -0.2) is 19.4 Å². The molecule has 0 fully saturated rings. The Balaban J connectivity index is 1.11. The van der Waals surface area contributed by atoms with Crippen molar-refractivity contribution in [3.8, 4) is 6.07 Å². The van der Waals surface area contributed by atoms with Crippen molar-refractivity contribution < 1.29 is 33.9 Å². The Kier molecular flexibility index (Phi) is 17.7. The summed E-state index contributed by atoms with van der Waals surface area (Å²) in [6.07, 6.45) is 5.65. The number of hydrogen-bond acceptors (Lipinski definition) is 12.